The van der Waals surface area contributed by atoms with Gasteiger partial charge in [-0.2, -0.15) is 0 Å². The van der Waals surface area contributed by atoms with Crippen LogP contribution in [0.15, 0.2) is 29.4 Å². The first-order chi connectivity index (χ1) is 5.70. The summed E-state index contributed by atoms with van der Waals surface area (Å²) in [5.74, 6) is 0. The van der Waals surface area contributed by atoms with Gasteiger partial charge in [0.15, 0.2) is 0 Å². The fraction of sp³-hybridized carbons (Fsp3) is 0.250. The molecule has 1 N–H and O–H groups in total. The molecule has 1 unspecified atom stereocenters. The molecule has 12 heavy (non-hydrogen) atoms. The number of aromatic nitrogens is 1. The number of nitrogens with zero attached hydrogens (tertiary/aromatic N) is 1. The third kappa shape index (κ3) is 2.89. The molecule has 0 fully saturated rings. The van der Waals surface area contributed by atoms with Gasteiger partial charge in [0.05, 0.1) is 10.3 Å². The van der Waals surface area contributed by atoms with Crippen LogP contribution in [0.4, 0.5) is 0 Å². The van der Waals surface area contributed by atoms with E-state index in [0.717, 1.165) is 5.03 Å². The van der Waals surface area contributed by atoms with Crippen molar-refractivity contribution in [2.45, 2.75) is 18.1 Å². The summed E-state index contributed by atoms with van der Waals surface area (Å²) in [6.45, 7) is 1.65. The Balaban J connectivity index is 2.59. The van der Waals surface area contributed by atoms with Gasteiger partial charge < -0.3 is 5.11 Å². The molecule has 2 nitrogen and oxygen atoms in total. The highest BCUT2D eigenvalue weighted by Crippen LogP contribution is 2.18. The first-order valence-electron chi connectivity index (χ1n) is 3.51. The van der Waals surface area contributed by atoms with E-state index >= 15 is 0 Å². The lowest BCUT2D eigenvalue weighted by molar-refractivity contribution is 0.267. The van der Waals surface area contributed by atoms with Crippen LogP contribution < -0.4 is 0 Å². The number of thioether (sulfide) groups is 1. The van der Waals surface area contributed by atoms with E-state index in [1.807, 2.05) is 18.2 Å². The number of hydrogen-bond donors (Lipinski definition) is 1. The van der Waals surface area contributed by atoms with Gasteiger partial charge in [-0.05, 0) is 19.1 Å². The van der Waals surface area contributed by atoms with E-state index in [-0.39, 0.29) is 0 Å². The Kier molecular flexibility index (Phi) is 3.65. The largest absolute Gasteiger partial charge is 0.387 e. The lowest BCUT2D eigenvalue weighted by atomic mass is 10.5. The molecule has 0 aliphatic rings. The van der Waals surface area contributed by atoms with Crippen molar-refractivity contribution in [3.63, 3.8) is 0 Å². The molecule has 0 saturated carbocycles. The van der Waals surface area contributed by atoms with Gasteiger partial charge in [0, 0.05) is 6.20 Å². The van der Waals surface area contributed by atoms with Gasteiger partial charge in [-0.25, -0.2) is 4.98 Å². The molecule has 1 aromatic heterocycles. The number of hydrogen-bond acceptors (Lipinski definition) is 4. The second kappa shape index (κ2) is 4.54. The summed E-state index contributed by atoms with van der Waals surface area (Å²) in [7, 11) is 0. The van der Waals surface area contributed by atoms with Gasteiger partial charge in [0.1, 0.15) is 5.03 Å². The predicted octanol–water partition coefficient (Wildman–Crippen LogP) is 1.88. The van der Waals surface area contributed by atoms with Gasteiger partial charge in [-0.1, -0.05) is 30.0 Å². The van der Waals surface area contributed by atoms with E-state index in [4.69, 9.17) is 17.3 Å². The zero-order valence-corrected chi connectivity index (χ0v) is 8.23. The van der Waals surface area contributed by atoms with Crippen LogP contribution in [-0.2, 0) is 0 Å². The summed E-state index contributed by atoms with van der Waals surface area (Å²) in [6, 6.07) is 5.59. The Hall–Kier alpha value is -0.450. The van der Waals surface area contributed by atoms with Crippen molar-refractivity contribution in [2.24, 2.45) is 0 Å². The minimum atomic E-state index is -0.563. The molecule has 1 heterocycles. The predicted molar refractivity (Wildman–Crippen MR) is 54.4 cm³/mol. The molecular weight excluding hydrogens is 190 g/mol. The monoisotopic (exact) mass is 199 g/mol. The van der Waals surface area contributed by atoms with Crippen molar-refractivity contribution >= 4 is 28.2 Å². The van der Waals surface area contributed by atoms with Gasteiger partial charge >= 0.3 is 0 Å². The molecule has 1 aromatic rings. The van der Waals surface area contributed by atoms with Crippen LogP contribution in [0, 0.1) is 0 Å². The van der Waals surface area contributed by atoms with Crippen LogP contribution in [-0.4, -0.2) is 20.4 Å². The van der Waals surface area contributed by atoms with Crippen LogP contribution in [0.3, 0.4) is 0 Å². The van der Waals surface area contributed by atoms with Crippen LogP contribution in [0.5, 0.6) is 0 Å². The fourth-order valence-corrected chi connectivity index (χ4v) is 1.49. The summed E-state index contributed by atoms with van der Waals surface area (Å²) in [5, 5.41) is 9.91. The molecule has 0 aromatic carbocycles. The maximum absolute atomic E-state index is 9.09. The van der Waals surface area contributed by atoms with Crippen molar-refractivity contribution in [3.8, 4) is 0 Å². The minimum absolute atomic E-state index is 0.550. The SMILES string of the molecule is CC(O)C(=S)Sc1ccccn1. The number of pyridine rings is 1. The first-order valence-corrected chi connectivity index (χ1v) is 4.73. The Morgan fingerprint density at radius 1 is 1.67 bits per heavy atom. The molecule has 0 bridgehead atoms. The van der Waals surface area contributed by atoms with E-state index in [1.165, 1.54) is 11.8 Å². The zero-order valence-electron chi connectivity index (χ0n) is 6.60. The van der Waals surface area contributed by atoms with E-state index < -0.39 is 6.10 Å². The first kappa shape index (κ1) is 9.64. The summed E-state index contributed by atoms with van der Waals surface area (Å²) < 4.78 is 0.550. The van der Waals surface area contributed by atoms with Crippen molar-refractivity contribution in [1.82, 2.24) is 4.98 Å². The number of aliphatic hydroxyl groups is 1. The maximum Gasteiger partial charge on any atom is 0.101 e. The van der Waals surface area contributed by atoms with Crippen molar-refractivity contribution in [2.75, 3.05) is 0 Å². The highest BCUT2D eigenvalue weighted by atomic mass is 32.2. The second-order valence-corrected chi connectivity index (χ2v) is 4.03. The van der Waals surface area contributed by atoms with Crippen LogP contribution in [0.1, 0.15) is 6.92 Å². The molecule has 0 aliphatic carbocycles. The average Bonchev–Trinajstić information content (AvgIpc) is 2.06. The molecule has 0 amide bonds. The summed E-state index contributed by atoms with van der Waals surface area (Å²) in [6.07, 6.45) is 1.14. The van der Waals surface area contributed by atoms with Crippen molar-refractivity contribution in [1.29, 1.82) is 0 Å². The molecule has 64 valence electrons. The Morgan fingerprint density at radius 2 is 2.42 bits per heavy atom. The maximum atomic E-state index is 9.09. The molecule has 0 radical (unpaired) electrons. The van der Waals surface area contributed by atoms with Crippen LogP contribution >= 0.6 is 24.0 Å². The van der Waals surface area contributed by atoms with E-state index in [2.05, 4.69) is 4.98 Å². The molecule has 0 spiro atoms. The summed E-state index contributed by atoms with van der Waals surface area (Å²) in [5.41, 5.74) is 0. The van der Waals surface area contributed by atoms with E-state index in [9.17, 15) is 0 Å². The average molecular weight is 199 g/mol. The topological polar surface area (TPSA) is 33.1 Å². The fourth-order valence-electron chi connectivity index (χ4n) is 0.596. The molecule has 1 atom stereocenters. The zero-order chi connectivity index (χ0) is 8.97. The lowest BCUT2D eigenvalue weighted by Gasteiger charge is -2.03. The Bertz CT molecular complexity index is 261. The molecule has 0 saturated heterocycles. The Labute approximate surface area is 81.0 Å². The van der Waals surface area contributed by atoms with Crippen molar-refractivity contribution in [3.05, 3.63) is 24.4 Å². The lowest BCUT2D eigenvalue weighted by Crippen LogP contribution is -2.09. The van der Waals surface area contributed by atoms with E-state index in [1.54, 1.807) is 13.1 Å². The Morgan fingerprint density at radius 3 is 2.92 bits per heavy atom. The number of thiocarbonyl (C=S) groups is 1. The third-order valence-electron chi connectivity index (χ3n) is 1.18. The van der Waals surface area contributed by atoms with Crippen molar-refractivity contribution < 1.29 is 5.11 Å². The summed E-state index contributed by atoms with van der Waals surface area (Å²) >= 11 is 6.25. The van der Waals surface area contributed by atoms with Gasteiger partial charge in [0.25, 0.3) is 0 Å². The highest BCUT2D eigenvalue weighted by molar-refractivity contribution is 8.23. The number of aliphatic hydroxyl groups excluding tert-OH is 1. The van der Waals surface area contributed by atoms with Crippen LogP contribution in [0.2, 0.25) is 0 Å². The highest BCUT2D eigenvalue weighted by Gasteiger charge is 2.06. The van der Waals surface area contributed by atoms with E-state index in [0.29, 0.717) is 4.20 Å². The normalized spacial score (nSPS) is 12.5. The quantitative estimate of drug-likeness (QED) is 0.582. The number of rotatable bonds is 2. The molecule has 0 aliphatic heterocycles. The smallest absolute Gasteiger partial charge is 0.101 e. The standard InChI is InChI=1S/C8H9NOS2/c1-6(10)8(11)12-7-4-2-3-5-9-7/h2-6,10H,1H3. The van der Waals surface area contributed by atoms with Gasteiger partial charge in [-0.3, -0.25) is 0 Å². The summed E-state index contributed by atoms with van der Waals surface area (Å²) in [4.78, 5) is 4.07. The van der Waals surface area contributed by atoms with Crippen LogP contribution in [0.25, 0.3) is 0 Å². The molecule has 1 rings (SSSR count). The van der Waals surface area contributed by atoms with Gasteiger partial charge in [-0.15, -0.1) is 0 Å². The second-order valence-electron chi connectivity index (χ2n) is 2.27. The molecule has 4 heteroatoms. The van der Waals surface area contributed by atoms with Gasteiger partial charge in [0.2, 0.25) is 0 Å². The minimum Gasteiger partial charge on any atom is -0.387 e. The molecular formula is C8H9NOS2. The third-order valence-corrected chi connectivity index (χ3v) is 2.77.